The van der Waals surface area contributed by atoms with Gasteiger partial charge in [-0.05, 0) is 78.4 Å². The summed E-state index contributed by atoms with van der Waals surface area (Å²) in [6.45, 7) is 6.10. The molecule has 0 amide bonds. The SMILES string of the molecule is CCc1ccc(C#N)c(-c2cc(-c3cc4c(ccc[n+]4-c4cc(C)ccc4F)o3)ccc2C)c1. The molecule has 0 saturated carbocycles. The summed E-state index contributed by atoms with van der Waals surface area (Å²) in [6, 6.07) is 25.2. The summed E-state index contributed by atoms with van der Waals surface area (Å²) in [7, 11) is 0. The van der Waals surface area contributed by atoms with Gasteiger partial charge in [0.15, 0.2) is 17.6 Å². The minimum Gasteiger partial charge on any atom is -0.449 e. The second kappa shape index (κ2) is 8.61. The number of halogens is 1. The van der Waals surface area contributed by atoms with E-state index < -0.39 is 0 Å². The molecule has 0 aliphatic carbocycles. The van der Waals surface area contributed by atoms with Crippen molar-refractivity contribution in [3.05, 3.63) is 107 Å². The van der Waals surface area contributed by atoms with Crippen LogP contribution in [0.2, 0.25) is 0 Å². The van der Waals surface area contributed by atoms with Crippen LogP contribution in [0.1, 0.15) is 29.2 Å². The Morgan fingerprint density at radius 2 is 1.79 bits per heavy atom. The second-order valence-corrected chi connectivity index (χ2v) is 8.57. The molecule has 0 radical (unpaired) electrons. The highest BCUT2D eigenvalue weighted by Crippen LogP contribution is 2.34. The van der Waals surface area contributed by atoms with E-state index in [0.717, 1.165) is 39.8 Å². The molecular weight excluding hydrogens is 423 g/mol. The van der Waals surface area contributed by atoms with Gasteiger partial charge in [0.25, 0.3) is 5.52 Å². The number of rotatable bonds is 4. The maximum absolute atomic E-state index is 14.7. The van der Waals surface area contributed by atoms with Gasteiger partial charge in [-0.3, -0.25) is 0 Å². The van der Waals surface area contributed by atoms with Gasteiger partial charge in [0.1, 0.15) is 5.76 Å². The number of nitrogens with zero attached hydrogens (tertiary/aromatic N) is 2. The minimum absolute atomic E-state index is 0.289. The summed E-state index contributed by atoms with van der Waals surface area (Å²) < 4.78 is 22.7. The van der Waals surface area contributed by atoms with Crippen LogP contribution in [0.5, 0.6) is 0 Å². The van der Waals surface area contributed by atoms with E-state index >= 15 is 0 Å². The predicted octanol–water partition coefficient (Wildman–Crippen LogP) is 7.23. The Kier molecular flexibility index (Phi) is 5.47. The van der Waals surface area contributed by atoms with Gasteiger partial charge in [0, 0.05) is 17.7 Å². The Bertz CT molecular complexity index is 1590. The normalized spacial score (nSPS) is 11.0. The number of hydrogen-bond acceptors (Lipinski definition) is 2. The van der Waals surface area contributed by atoms with Crippen molar-refractivity contribution < 1.29 is 13.4 Å². The predicted molar refractivity (Wildman–Crippen MR) is 132 cm³/mol. The van der Waals surface area contributed by atoms with Crippen molar-refractivity contribution in [2.24, 2.45) is 0 Å². The Balaban J connectivity index is 1.67. The number of pyridine rings is 1. The largest absolute Gasteiger partial charge is 0.449 e. The molecule has 2 heterocycles. The van der Waals surface area contributed by atoms with E-state index in [0.29, 0.717) is 22.6 Å². The molecule has 0 N–H and O–H groups in total. The summed E-state index contributed by atoms with van der Waals surface area (Å²) in [6.07, 6.45) is 2.74. The summed E-state index contributed by atoms with van der Waals surface area (Å²) in [4.78, 5) is 0. The standard InChI is InChI=1S/C30H24FN2O/c1-4-21-9-11-23(18-32)25(15-21)24-16-22(10-8-20(24)3)30-17-28-29(34-30)6-5-13-33(28)27-14-19(2)7-12-26(27)31/h5-17H,4H2,1-3H3/q+1. The molecule has 34 heavy (non-hydrogen) atoms. The van der Waals surface area contributed by atoms with Crippen LogP contribution in [0.25, 0.3) is 39.2 Å². The quantitative estimate of drug-likeness (QED) is 0.273. The average molecular weight is 448 g/mol. The summed E-state index contributed by atoms with van der Waals surface area (Å²) >= 11 is 0. The van der Waals surface area contributed by atoms with Crippen molar-refractivity contribution in [1.29, 1.82) is 5.26 Å². The topological polar surface area (TPSA) is 40.8 Å². The highest BCUT2D eigenvalue weighted by molar-refractivity contribution is 5.81. The first kappa shape index (κ1) is 21.6. The maximum atomic E-state index is 14.7. The highest BCUT2D eigenvalue weighted by Gasteiger charge is 2.21. The van der Waals surface area contributed by atoms with E-state index in [2.05, 4.69) is 25.1 Å². The van der Waals surface area contributed by atoms with Gasteiger partial charge in [-0.1, -0.05) is 31.2 Å². The van der Waals surface area contributed by atoms with E-state index in [1.165, 1.54) is 11.6 Å². The third kappa shape index (κ3) is 3.76. The van der Waals surface area contributed by atoms with Crippen LogP contribution in [0.3, 0.4) is 0 Å². The molecule has 5 rings (SSSR count). The van der Waals surface area contributed by atoms with Crippen LogP contribution in [-0.4, -0.2) is 0 Å². The Morgan fingerprint density at radius 3 is 2.59 bits per heavy atom. The molecule has 3 nitrogen and oxygen atoms in total. The van der Waals surface area contributed by atoms with Crippen molar-refractivity contribution in [3.8, 4) is 34.2 Å². The van der Waals surface area contributed by atoms with E-state index in [9.17, 15) is 9.65 Å². The van der Waals surface area contributed by atoms with E-state index in [1.807, 2.05) is 73.1 Å². The lowest BCUT2D eigenvalue weighted by Gasteiger charge is -2.11. The van der Waals surface area contributed by atoms with Crippen molar-refractivity contribution >= 4 is 11.1 Å². The lowest BCUT2D eigenvalue weighted by Crippen LogP contribution is -2.31. The summed E-state index contributed by atoms with van der Waals surface area (Å²) in [5.41, 5.74) is 8.67. The minimum atomic E-state index is -0.289. The van der Waals surface area contributed by atoms with E-state index in [4.69, 9.17) is 4.42 Å². The Morgan fingerprint density at radius 1 is 0.941 bits per heavy atom. The number of benzene rings is 3. The van der Waals surface area contributed by atoms with Crippen molar-refractivity contribution in [2.45, 2.75) is 27.2 Å². The molecule has 0 unspecified atom stereocenters. The van der Waals surface area contributed by atoms with Gasteiger partial charge in [0.05, 0.1) is 17.7 Å². The van der Waals surface area contributed by atoms with Gasteiger partial charge in [-0.2, -0.15) is 14.2 Å². The number of aryl methyl sites for hydroxylation is 3. The molecule has 0 saturated heterocycles. The van der Waals surface area contributed by atoms with Crippen LogP contribution in [0, 0.1) is 31.0 Å². The number of nitriles is 1. The highest BCUT2D eigenvalue weighted by atomic mass is 19.1. The van der Waals surface area contributed by atoms with Crippen molar-refractivity contribution in [1.82, 2.24) is 0 Å². The zero-order valence-corrected chi connectivity index (χ0v) is 19.4. The third-order valence-electron chi connectivity index (χ3n) is 6.27. The Hall–Kier alpha value is -4.23. The molecule has 0 aliphatic heterocycles. The zero-order chi connectivity index (χ0) is 23.8. The van der Waals surface area contributed by atoms with E-state index in [-0.39, 0.29) is 5.82 Å². The van der Waals surface area contributed by atoms with Crippen LogP contribution < -0.4 is 4.57 Å². The van der Waals surface area contributed by atoms with Gasteiger partial charge >= 0.3 is 0 Å². The first-order valence-corrected chi connectivity index (χ1v) is 11.3. The van der Waals surface area contributed by atoms with Crippen molar-refractivity contribution in [3.63, 3.8) is 0 Å². The number of furan rings is 1. The molecule has 0 aliphatic rings. The average Bonchev–Trinajstić information content (AvgIpc) is 3.30. The van der Waals surface area contributed by atoms with Gasteiger partial charge in [0.2, 0.25) is 5.69 Å². The van der Waals surface area contributed by atoms with Gasteiger partial charge in [-0.25, -0.2) is 0 Å². The first-order chi connectivity index (χ1) is 16.5. The fraction of sp³-hybridized carbons (Fsp3) is 0.133. The molecule has 4 heteroatoms. The number of aromatic nitrogens is 1. The molecule has 3 aromatic carbocycles. The molecule has 5 aromatic rings. The molecule has 0 atom stereocenters. The lowest BCUT2D eigenvalue weighted by atomic mass is 9.92. The van der Waals surface area contributed by atoms with Crippen LogP contribution >= 0.6 is 0 Å². The van der Waals surface area contributed by atoms with Crippen LogP contribution in [-0.2, 0) is 6.42 Å². The monoisotopic (exact) mass is 447 g/mol. The summed E-state index contributed by atoms with van der Waals surface area (Å²) in [5.74, 6) is 0.401. The Labute approximate surface area is 198 Å². The molecule has 2 aromatic heterocycles. The van der Waals surface area contributed by atoms with Gasteiger partial charge < -0.3 is 4.42 Å². The fourth-order valence-corrected chi connectivity index (χ4v) is 4.36. The number of hydrogen-bond donors (Lipinski definition) is 0. The summed E-state index contributed by atoms with van der Waals surface area (Å²) in [5, 5.41) is 9.69. The smallest absolute Gasteiger partial charge is 0.257 e. The number of fused-ring (bicyclic) bond motifs is 1. The van der Waals surface area contributed by atoms with Gasteiger partial charge in [-0.15, -0.1) is 0 Å². The van der Waals surface area contributed by atoms with E-state index in [1.54, 1.807) is 6.07 Å². The third-order valence-corrected chi connectivity index (χ3v) is 6.27. The van der Waals surface area contributed by atoms with Crippen LogP contribution in [0.15, 0.2) is 83.4 Å². The zero-order valence-electron chi connectivity index (χ0n) is 19.4. The molecule has 166 valence electrons. The molecule has 0 spiro atoms. The van der Waals surface area contributed by atoms with Crippen molar-refractivity contribution in [2.75, 3.05) is 0 Å². The maximum Gasteiger partial charge on any atom is 0.257 e. The molecular formula is C30H24FN2O+. The van der Waals surface area contributed by atoms with Crippen LogP contribution in [0.4, 0.5) is 4.39 Å². The molecule has 0 bridgehead atoms. The second-order valence-electron chi connectivity index (χ2n) is 8.57. The first-order valence-electron chi connectivity index (χ1n) is 11.3. The molecule has 0 fully saturated rings. The lowest BCUT2D eigenvalue weighted by molar-refractivity contribution is -0.569. The fourth-order valence-electron chi connectivity index (χ4n) is 4.36.